The lowest BCUT2D eigenvalue weighted by Gasteiger charge is -2.34. The molecule has 0 aliphatic heterocycles. The number of amides is 2. The van der Waals surface area contributed by atoms with Crippen LogP contribution in [0.25, 0.3) is 0 Å². The summed E-state index contributed by atoms with van der Waals surface area (Å²) in [6.45, 7) is 3.45. The predicted octanol–water partition coefficient (Wildman–Crippen LogP) is 4.47. The van der Waals surface area contributed by atoms with Crippen LogP contribution in [0.1, 0.15) is 38.7 Å². The van der Waals surface area contributed by atoms with Crippen LogP contribution in [0.4, 0.5) is 10.1 Å². The van der Waals surface area contributed by atoms with Crippen LogP contribution in [0.15, 0.2) is 42.5 Å². The Morgan fingerprint density at radius 1 is 1.03 bits per heavy atom. The first-order valence-electron chi connectivity index (χ1n) is 11.9. The fourth-order valence-corrected chi connectivity index (χ4v) is 5.18. The maximum atomic E-state index is 13.8. The summed E-state index contributed by atoms with van der Waals surface area (Å²) < 4.78 is 41.7. The predicted molar refractivity (Wildman–Crippen MR) is 145 cm³/mol. The first-order valence-corrected chi connectivity index (χ1v) is 14.0. The molecule has 2 amide bonds. The third-order valence-corrected chi connectivity index (χ3v) is 8.27. The zero-order valence-corrected chi connectivity index (χ0v) is 23.7. The maximum absolute atomic E-state index is 13.8. The van der Waals surface area contributed by atoms with Gasteiger partial charge in [0.1, 0.15) is 18.4 Å². The molecule has 2 rings (SSSR count). The highest BCUT2D eigenvalue weighted by Crippen LogP contribution is 2.28. The Bertz CT molecular complexity index is 1160. The molecule has 0 radical (unpaired) electrons. The minimum absolute atomic E-state index is 0.0969. The second-order valence-corrected chi connectivity index (χ2v) is 11.4. The van der Waals surface area contributed by atoms with E-state index in [2.05, 4.69) is 5.32 Å². The Morgan fingerprint density at radius 2 is 1.62 bits per heavy atom. The number of carbonyl (C=O) groups is 2. The molecule has 0 saturated carbocycles. The fourth-order valence-electron chi connectivity index (χ4n) is 3.60. The zero-order valence-electron chi connectivity index (χ0n) is 21.4. The quantitative estimate of drug-likeness (QED) is 0.357. The van der Waals surface area contributed by atoms with Gasteiger partial charge in [-0.1, -0.05) is 49.5 Å². The number of rotatable bonds is 13. The molecule has 1 atom stereocenters. The molecule has 0 aliphatic rings. The topological polar surface area (TPSA) is 90.0 Å². The number of anilines is 1. The highest BCUT2D eigenvalue weighted by molar-refractivity contribution is 7.90. The molecule has 0 saturated heterocycles. The van der Waals surface area contributed by atoms with Crippen molar-refractivity contribution < 1.29 is 22.4 Å². The molecule has 8 nitrogen and oxygen atoms in total. The van der Waals surface area contributed by atoms with E-state index in [1.165, 1.54) is 31.1 Å². The maximum Gasteiger partial charge on any atom is 0.304 e. The van der Waals surface area contributed by atoms with Gasteiger partial charge in [-0.15, -0.1) is 0 Å². The molecule has 204 valence electrons. The van der Waals surface area contributed by atoms with Crippen molar-refractivity contribution in [2.24, 2.45) is 0 Å². The van der Waals surface area contributed by atoms with Crippen molar-refractivity contribution in [1.29, 1.82) is 0 Å². The van der Waals surface area contributed by atoms with Crippen LogP contribution < -0.4 is 9.62 Å². The molecule has 12 heteroatoms. The summed E-state index contributed by atoms with van der Waals surface area (Å²) in [6.07, 6.45) is 1.92. The van der Waals surface area contributed by atoms with Crippen molar-refractivity contribution in [3.8, 4) is 0 Å². The van der Waals surface area contributed by atoms with Crippen molar-refractivity contribution in [3.05, 3.63) is 63.9 Å². The normalized spacial score (nSPS) is 12.3. The van der Waals surface area contributed by atoms with E-state index in [1.807, 2.05) is 6.92 Å². The number of nitrogens with zero attached hydrogens (tertiary/aromatic N) is 3. The van der Waals surface area contributed by atoms with E-state index in [0.717, 1.165) is 33.6 Å². The van der Waals surface area contributed by atoms with Gasteiger partial charge in [-0.05, 0) is 49.2 Å². The zero-order chi connectivity index (χ0) is 27.8. The van der Waals surface area contributed by atoms with E-state index in [4.69, 9.17) is 23.2 Å². The van der Waals surface area contributed by atoms with Crippen molar-refractivity contribution in [1.82, 2.24) is 14.5 Å². The summed E-state index contributed by atoms with van der Waals surface area (Å²) >= 11 is 12.7. The van der Waals surface area contributed by atoms with Gasteiger partial charge in [-0.2, -0.15) is 12.7 Å². The Hall–Kier alpha value is -2.40. The van der Waals surface area contributed by atoms with Crippen LogP contribution in [0.5, 0.6) is 0 Å². The number of hydrogen-bond acceptors (Lipinski definition) is 4. The Labute approximate surface area is 228 Å². The van der Waals surface area contributed by atoms with Crippen molar-refractivity contribution >= 4 is 50.9 Å². The lowest BCUT2D eigenvalue weighted by Crippen LogP contribution is -2.53. The molecular weight excluding hydrogens is 542 g/mol. The van der Waals surface area contributed by atoms with Crippen molar-refractivity contribution in [2.45, 2.75) is 45.7 Å². The van der Waals surface area contributed by atoms with Gasteiger partial charge in [0.25, 0.3) is 0 Å². The van der Waals surface area contributed by atoms with Crippen LogP contribution in [0.2, 0.25) is 10.0 Å². The molecule has 0 heterocycles. The van der Waals surface area contributed by atoms with Crippen LogP contribution in [-0.4, -0.2) is 62.7 Å². The first-order chi connectivity index (χ1) is 17.4. The lowest BCUT2D eigenvalue weighted by molar-refractivity contribution is -0.140. The van der Waals surface area contributed by atoms with Crippen molar-refractivity contribution in [3.63, 3.8) is 0 Å². The van der Waals surface area contributed by atoms with Crippen LogP contribution >= 0.6 is 23.2 Å². The number of hydrogen-bond donors (Lipinski definition) is 1. The summed E-state index contributed by atoms with van der Waals surface area (Å²) in [5.41, 5.74) is 0.530. The van der Waals surface area contributed by atoms with Gasteiger partial charge < -0.3 is 10.2 Å². The fraction of sp³-hybridized carbons (Fsp3) is 0.440. The number of halogens is 3. The van der Waals surface area contributed by atoms with Gasteiger partial charge >= 0.3 is 10.2 Å². The second-order valence-electron chi connectivity index (χ2n) is 8.56. The molecule has 0 unspecified atom stereocenters. The Morgan fingerprint density at radius 3 is 2.14 bits per heavy atom. The van der Waals surface area contributed by atoms with Crippen LogP contribution in [0, 0.1) is 5.82 Å². The number of nitrogens with one attached hydrogen (secondary N) is 1. The highest BCUT2D eigenvalue weighted by atomic mass is 35.5. The van der Waals surface area contributed by atoms with E-state index in [9.17, 15) is 22.4 Å². The van der Waals surface area contributed by atoms with E-state index in [1.54, 1.807) is 25.1 Å². The third-order valence-electron chi connectivity index (χ3n) is 5.74. The Balaban J connectivity index is 2.52. The molecule has 2 aromatic carbocycles. The van der Waals surface area contributed by atoms with Gasteiger partial charge in [0, 0.05) is 42.8 Å². The summed E-state index contributed by atoms with van der Waals surface area (Å²) in [5, 5.41) is 3.46. The van der Waals surface area contributed by atoms with Gasteiger partial charge in [0.2, 0.25) is 11.8 Å². The standard InChI is InChI=1S/C25H33Cl2FN4O4S/c1-5-7-15-29-25(34)23(6-2)31(16-20-21(26)9-8-10-22(20)27)24(33)17-32(37(35,36)30(3)4)19-13-11-18(28)12-14-19/h8-14,23H,5-7,15-17H2,1-4H3,(H,29,34)/t23-/m1/s1. The first kappa shape index (κ1) is 30.8. The molecule has 0 spiro atoms. The van der Waals surface area contributed by atoms with Crippen LogP contribution in [0.3, 0.4) is 0 Å². The third kappa shape index (κ3) is 8.04. The monoisotopic (exact) mass is 574 g/mol. The van der Waals surface area contributed by atoms with Gasteiger partial charge in [-0.25, -0.2) is 8.70 Å². The molecule has 1 N–H and O–H groups in total. The summed E-state index contributed by atoms with van der Waals surface area (Å²) in [5.74, 6) is -1.57. The summed E-state index contributed by atoms with van der Waals surface area (Å²) in [6, 6.07) is 8.75. The average Bonchev–Trinajstić information content (AvgIpc) is 2.84. The average molecular weight is 576 g/mol. The second kappa shape index (κ2) is 13.9. The van der Waals surface area contributed by atoms with Crippen molar-refractivity contribution in [2.75, 3.05) is 31.5 Å². The minimum atomic E-state index is -4.15. The minimum Gasteiger partial charge on any atom is -0.354 e. The molecule has 0 fully saturated rings. The largest absolute Gasteiger partial charge is 0.354 e. The molecule has 0 bridgehead atoms. The SMILES string of the molecule is CCCCNC(=O)[C@@H](CC)N(Cc1c(Cl)cccc1Cl)C(=O)CN(c1ccc(F)cc1)S(=O)(=O)N(C)C. The van der Waals surface area contributed by atoms with Gasteiger partial charge in [-0.3, -0.25) is 9.59 Å². The molecule has 2 aromatic rings. The van der Waals surface area contributed by atoms with E-state index in [-0.39, 0.29) is 24.6 Å². The molecule has 0 aliphatic carbocycles. The van der Waals surface area contributed by atoms with E-state index >= 15 is 0 Å². The summed E-state index contributed by atoms with van der Waals surface area (Å²) in [7, 11) is -1.49. The number of benzene rings is 2. The number of unbranched alkanes of at least 4 members (excludes halogenated alkanes) is 1. The van der Waals surface area contributed by atoms with Crippen LogP contribution in [-0.2, 0) is 26.3 Å². The van der Waals surface area contributed by atoms with E-state index < -0.39 is 34.5 Å². The smallest absolute Gasteiger partial charge is 0.304 e. The Kier molecular flexibility index (Phi) is 11.6. The molecule has 0 aromatic heterocycles. The van der Waals surface area contributed by atoms with E-state index in [0.29, 0.717) is 22.2 Å². The summed E-state index contributed by atoms with van der Waals surface area (Å²) in [4.78, 5) is 28.2. The van der Waals surface area contributed by atoms with Gasteiger partial charge in [0.15, 0.2) is 0 Å². The number of carbonyl (C=O) groups excluding carboxylic acids is 2. The molecule has 37 heavy (non-hydrogen) atoms. The highest BCUT2D eigenvalue weighted by Gasteiger charge is 2.34. The molecular formula is C25H33Cl2FN4O4S. The van der Waals surface area contributed by atoms with Gasteiger partial charge in [0.05, 0.1) is 5.69 Å². The lowest BCUT2D eigenvalue weighted by atomic mass is 10.1.